The number of nitrogens with zero attached hydrogens (tertiary/aromatic N) is 1. The fourth-order valence-electron chi connectivity index (χ4n) is 2.39. The Morgan fingerprint density at radius 3 is 2.76 bits per heavy atom. The van der Waals surface area contributed by atoms with E-state index in [0.29, 0.717) is 18.1 Å². The highest BCUT2D eigenvalue weighted by Crippen LogP contribution is 2.24. The molecule has 1 N–H and O–H groups in total. The van der Waals surface area contributed by atoms with Crippen LogP contribution >= 0.6 is 11.6 Å². The summed E-state index contributed by atoms with van der Waals surface area (Å²) in [5, 5.41) is 3.49. The lowest BCUT2D eigenvalue weighted by Crippen LogP contribution is -2.28. The molecule has 0 saturated carbocycles. The molecule has 25 heavy (non-hydrogen) atoms. The summed E-state index contributed by atoms with van der Waals surface area (Å²) in [4.78, 5) is 15.5. The average molecular weight is 359 g/mol. The first kappa shape index (κ1) is 19.0. The van der Waals surface area contributed by atoms with Crippen molar-refractivity contribution in [1.82, 2.24) is 10.3 Å². The van der Waals surface area contributed by atoms with Gasteiger partial charge in [0.2, 0.25) is 5.91 Å². The Morgan fingerprint density at radius 1 is 1.36 bits per heavy atom. The molecule has 1 atom stereocenters. The summed E-state index contributed by atoms with van der Waals surface area (Å²) in [6, 6.07) is 9.70. The zero-order chi connectivity index (χ0) is 18.2. The largest absolute Gasteiger partial charge is 0.494 e. The van der Waals surface area contributed by atoms with Crippen LogP contribution < -0.4 is 10.1 Å². The molecule has 0 aliphatic rings. The van der Waals surface area contributed by atoms with Gasteiger partial charge in [0, 0.05) is 36.3 Å². The first-order valence-corrected chi connectivity index (χ1v) is 8.67. The molecular weight excluding hydrogens is 336 g/mol. The fraction of sp³-hybridized carbons (Fsp3) is 0.300. The van der Waals surface area contributed by atoms with Crippen molar-refractivity contribution >= 4 is 23.6 Å². The molecule has 0 aliphatic heterocycles. The standard InChI is InChI=1S/C20H23ClN2O2/c1-4-25-19-10-8-17(20(21)12-19)11-18-9-7-16(13-22-18)6-5-14(2)23-15(3)24/h5-10,12-14H,4,11H2,1-3H3,(H,23,24)/b6-5+/t14-/m0/s1. The summed E-state index contributed by atoms with van der Waals surface area (Å²) in [7, 11) is 0. The van der Waals surface area contributed by atoms with Crippen molar-refractivity contribution < 1.29 is 9.53 Å². The number of hydrogen-bond acceptors (Lipinski definition) is 3. The van der Waals surface area contributed by atoms with E-state index in [0.717, 1.165) is 22.6 Å². The molecule has 132 valence electrons. The molecule has 4 nitrogen and oxygen atoms in total. The van der Waals surface area contributed by atoms with E-state index in [2.05, 4.69) is 10.3 Å². The highest BCUT2D eigenvalue weighted by Gasteiger charge is 2.05. The van der Waals surface area contributed by atoms with Crippen LogP contribution in [0.3, 0.4) is 0 Å². The second-order valence-electron chi connectivity index (χ2n) is 5.79. The van der Waals surface area contributed by atoms with Crippen LogP contribution in [0.2, 0.25) is 5.02 Å². The molecule has 2 rings (SSSR count). The van der Waals surface area contributed by atoms with E-state index in [4.69, 9.17) is 16.3 Å². The van der Waals surface area contributed by atoms with Gasteiger partial charge in [-0.3, -0.25) is 9.78 Å². The lowest BCUT2D eigenvalue weighted by Gasteiger charge is -2.08. The third kappa shape index (κ3) is 6.24. The number of halogens is 1. The normalized spacial score (nSPS) is 12.2. The van der Waals surface area contributed by atoms with Gasteiger partial charge in [-0.25, -0.2) is 0 Å². The van der Waals surface area contributed by atoms with E-state index >= 15 is 0 Å². The zero-order valence-electron chi connectivity index (χ0n) is 14.8. The van der Waals surface area contributed by atoms with Gasteiger partial charge in [0.15, 0.2) is 0 Å². The Bertz CT molecular complexity index is 742. The third-order valence-electron chi connectivity index (χ3n) is 3.56. The Kier molecular flexibility index (Phi) is 7.02. The summed E-state index contributed by atoms with van der Waals surface area (Å²) >= 11 is 6.32. The molecule has 0 fully saturated rings. The number of carbonyl (C=O) groups excluding carboxylic acids is 1. The van der Waals surface area contributed by atoms with E-state index in [1.807, 2.05) is 62.5 Å². The van der Waals surface area contributed by atoms with Crippen molar-refractivity contribution in [3.8, 4) is 5.75 Å². The first-order valence-electron chi connectivity index (χ1n) is 8.29. The second kappa shape index (κ2) is 9.23. The van der Waals surface area contributed by atoms with E-state index in [-0.39, 0.29) is 11.9 Å². The summed E-state index contributed by atoms with van der Waals surface area (Å²) in [6.07, 6.45) is 6.36. The maximum Gasteiger partial charge on any atom is 0.217 e. The second-order valence-corrected chi connectivity index (χ2v) is 6.20. The van der Waals surface area contributed by atoms with Crippen molar-refractivity contribution in [3.63, 3.8) is 0 Å². The van der Waals surface area contributed by atoms with Crippen LogP contribution in [-0.4, -0.2) is 23.5 Å². The summed E-state index contributed by atoms with van der Waals surface area (Å²) in [6.45, 7) is 5.99. The van der Waals surface area contributed by atoms with Gasteiger partial charge in [-0.15, -0.1) is 0 Å². The number of rotatable bonds is 7. The molecule has 1 amide bonds. The maximum absolute atomic E-state index is 11.0. The van der Waals surface area contributed by atoms with Crippen LogP contribution in [0.4, 0.5) is 0 Å². The Balaban J connectivity index is 2.00. The number of pyridine rings is 1. The van der Waals surface area contributed by atoms with Crippen molar-refractivity contribution in [2.24, 2.45) is 0 Å². The maximum atomic E-state index is 11.0. The van der Waals surface area contributed by atoms with E-state index in [9.17, 15) is 4.79 Å². The molecule has 5 heteroatoms. The van der Waals surface area contributed by atoms with Crippen LogP contribution in [0.1, 0.15) is 37.6 Å². The van der Waals surface area contributed by atoms with Crippen molar-refractivity contribution in [2.75, 3.05) is 6.61 Å². The Morgan fingerprint density at radius 2 is 2.16 bits per heavy atom. The fourth-order valence-corrected chi connectivity index (χ4v) is 2.62. The van der Waals surface area contributed by atoms with Crippen molar-refractivity contribution in [2.45, 2.75) is 33.2 Å². The molecule has 1 aromatic carbocycles. The minimum absolute atomic E-state index is 0.0140. The Labute approximate surface area is 153 Å². The number of benzene rings is 1. The predicted molar refractivity (Wildman–Crippen MR) is 102 cm³/mol. The van der Waals surface area contributed by atoms with E-state index in [1.54, 1.807) is 0 Å². The highest BCUT2D eigenvalue weighted by atomic mass is 35.5. The van der Waals surface area contributed by atoms with Gasteiger partial charge in [-0.2, -0.15) is 0 Å². The van der Waals surface area contributed by atoms with Crippen molar-refractivity contribution in [3.05, 3.63) is 64.4 Å². The number of amides is 1. The van der Waals surface area contributed by atoms with Crippen LogP contribution in [0.5, 0.6) is 5.75 Å². The molecule has 1 heterocycles. The minimum Gasteiger partial charge on any atom is -0.494 e. The van der Waals surface area contributed by atoms with E-state index in [1.165, 1.54) is 6.92 Å². The van der Waals surface area contributed by atoms with Crippen LogP contribution in [0.15, 0.2) is 42.6 Å². The third-order valence-corrected chi connectivity index (χ3v) is 3.91. The van der Waals surface area contributed by atoms with Gasteiger partial charge in [0.05, 0.1) is 6.61 Å². The minimum atomic E-state index is -0.0437. The molecular formula is C20H23ClN2O2. The number of hydrogen-bond donors (Lipinski definition) is 1. The lowest BCUT2D eigenvalue weighted by atomic mass is 10.1. The molecule has 0 unspecified atom stereocenters. The van der Waals surface area contributed by atoms with Gasteiger partial charge >= 0.3 is 0 Å². The molecule has 0 radical (unpaired) electrons. The molecule has 0 saturated heterocycles. The van der Waals surface area contributed by atoms with Gasteiger partial charge in [-0.1, -0.05) is 35.9 Å². The number of carbonyl (C=O) groups is 1. The summed E-state index contributed by atoms with van der Waals surface area (Å²) < 4.78 is 5.44. The monoisotopic (exact) mass is 358 g/mol. The van der Waals surface area contributed by atoms with E-state index < -0.39 is 0 Å². The van der Waals surface area contributed by atoms with Crippen LogP contribution in [0, 0.1) is 0 Å². The topological polar surface area (TPSA) is 51.2 Å². The molecule has 0 bridgehead atoms. The SMILES string of the molecule is CCOc1ccc(Cc2ccc(/C=C/[C@H](C)NC(C)=O)cn2)c(Cl)c1. The summed E-state index contributed by atoms with van der Waals surface area (Å²) in [5.41, 5.74) is 2.94. The van der Waals surface area contributed by atoms with Crippen LogP contribution in [-0.2, 0) is 11.2 Å². The van der Waals surface area contributed by atoms with Crippen LogP contribution in [0.25, 0.3) is 6.08 Å². The summed E-state index contributed by atoms with van der Waals surface area (Å²) in [5.74, 6) is 0.732. The number of ether oxygens (including phenoxy) is 1. The highest BCUT2D eigenvalue weighted by molar-refractivity contribution is 6.31. The zero-order valence-corrected chi connectivity index (χ0v) is 15.5. The lowest BCUT2D eigenvalue weighted by molar-refractivity contribution is -0.119. The molecule has 1 aromatic heterocycles. The molecule has 2 aromatic rings. The van der Waals surface area contributed by atoms with Crippen molar-refractivity contribution in [1.29, 1.82) is 0 Å². The van der Waals surface area contributed by atoms with Gasteiger partial charge in [0.1, 0.15) is 5.75 Å². The number of aromatic nitrogens is 1. The first-order chi connectivity index (χ1) is 12.0. The van der Waals surface area contributed by atoms with Gasteiger partial charge < -0.3 is 10.1 Å². The average Bonchev–Trinajstić information content (AvgIpc) is 2.56. The molecule has 0 spiro atoms. The van der Waals surface area contributed by atoms with Gasteiger partial charge in [0.25, 0.3) is 0 Å². The predicted octanol–water partition coefficient (Wildman–Crippen LogP) is 4.26. The Hall–Kier alpha value is -2.33. The molecule has 0 aliphatic carbocycles. The quantitative estimate of drug-likeness (QED) is 0.804. The van der Waals surface area contributed by atoms with Gasteiger partial charge in [-0.05, 0) is 43.2 Å². The number of nitrogens with one attached hydrogen (secondary N) is 1. The smallest absolute Gasteiger partial charge is 0.217 e.